The summed E-state index contributed by atoms with van der Waals surface area (Å²) in [5.74, 6) is -0.0949. The molecule has 90 valence electrons. The zero-order valence-electron chi connectivity index (χ0n) is 9.94. The van der Waals surface area contributed by atoms with Crippen LogP contribution in [0.15, 0.2) is 30.3 Å². The Labute approximate surface area is 102 Å². The summed E-state index contributed by atoms with van der Waals surface area (Å²) in [5, 5.41) is 14.4. The second kappa shape index (κ2) is 7.42. The molecule has 0 fully saturated rings. The molecule has 1 aromatic rings. The molecule has 1 atom stereocenters. The molecule has 0 aliphatic heterocycles. The Hall–Kier alpha value is -1.86. The largest absolute Gasteiger partial charge is 0.351 e. The van der Waals surface area contributed by atoms with Crippen LogP contribution < -0.4 is 10.6 Å². The molecule has 1 amide bonds. The lowest BCUT2D eigenvalue weighted by Gasteiger charge is -2.09. The van der Waals surface area contributed by atoms with Crippen molar-refractivity contribution in [3.8, 4) is 6.07 Å². The molecule has 2 N–H and O–H groups in total. The summed E-state index contributed by atoms with van der Waals surface area (Å²) < 4.78 is 0. The topological polar surface area (TPSA) is 64.9 Å². The fourth-order valence-electron chi connectivity index (χ4n) is 1.36. The van der Waals surface area contributed by atoms with E-state index in [1.165, 1.54) is 0 Å². The first-order valence-electron chi connectivity index (χ1n) is 5.70. The fourth-order valence-corrected chi connectivity index (χ4v) is 1.36. The van der Waals surface area contributed by atoms with E-state index in [0.29, 0.717) is 13.0 Å². The molecule has 0 aliphatic carbocycles. The minimum atomic E-state index is -0.252. The third-order valence-corrected chi connectivity index (χ3v) is 2.41. The molecule has 0 bridgehead atoms. The Morgan fingerprint density at radius 1 is 1.41 bits per heavy atom. The van der Waals surface area contributed by atoms with Gasteiger partial charge in [-0.15, -0.1) is 0 Å². The van der Waals surface area contributed by atoms with Gasteiger partial charge in [-0.1, -0.05) is 37.3 Å². The van der Waals surface area contributed by atoms with Crippen LogP contribution in [0.3, 0.4) is 0 Å². The first-order valence-corrected chi connectivity index (χ1v) is 5.70. The molecule has 0 radical (unpaired) electrons. The van der Waals surface area contributed by atoms with Crippen LogP contribution in [-0.2, 0) is 11.3 Å². The average Bonchev–Trinajstić information content (AvgIpc) is 2.39. The molecule has 0 spiro atoms. The highest BCUT2D eigenvalue weighted by atomic mass is 16.1. The summed E-state index contributed by atoms with van der Waals surface area (Å²) in [6.45, 7) is 2.60. The van der Waals surface area contributed by atoms with Crippen molar-refractivity contribution in [3.63, 3.8) is 0 Å². The molecule has 4 nitrogen and oxygen atoms in total. The number of rotatable bonds is 6. The molecule has 4 heteroatoms. The van der Waals surface area contributed by atoms with Gasteiger partial charge in [0.1, 0.15) is 0 Å². The van der Waals surface area contributed by atoms with Crippen LogP contribution in [0.25, 0.3) is 0 Å². The maximum absolute atomic E-state index is 11.5. The van der Waals surface area contributed by atoms with Gasteiger partial charge in [0.2, 0.25) is 5.91 Å². The second-order valence-electron chi connectivity index (χ2n) is 3.73. The molecule has 0 saturated heterocycles. The van der Waals surface area contributed by atoms with E-state index in [0.717, 1.165) is 5.56 Å². The number of hydrogen-bond acceptors (Lipinski definition) is 3. The van der Waals surface area contributed by atoms with Crippen LogP contribution in [-0.4, -0.2) is 18.5 Å². The van der Waals surface area contributed by atoms with E-state index >= 15 is 0 Å². The first-order chi connectivity index (χ1) is 8.26. The van der Waals surface area contributed by atoms with Gasteiger partial charge in [0.15, 0.2) is 0 Å². The summed E-state index contributed by atoms with van der Waals surface area (Å²) in [5.41, 5.74) is 1.06. The SMILES string of the molecule is CCC(C#N)NCC(=O)NCc1ccccc1. The van der Waals surface area contributed by atoms with Crippen LogP contribution in [0.4, 0.5) is 0 Å². The van der Waals surface area contributed by atoms with Crippen LogP contribution in [0.2, 0.25) is 0 Å². The smallest absolute Gasteiger partial charge is 0.234 e. The Kier molecular flexibility index (Phi) is 5.76. The minimum Gasteiger partial charge on any atom is -0.351 e. The summed E-state index contributed by atoms with van der Waals surface area (Å²) in [6, 6.07) is 11.6. The highest BCUT2D eigenvalue weighted by molar-refractivity contribution is 5.78. The third kappa shape index (κ3) is 5.14. The van der Waals surface area contributed by atoms with E-state index in [9.17, 15) is 4.79 Å². The number of carbonyl (C=O) groups is 1. The van der Waals surface area contributed by atoms with Crippen LogP contribution in [0, 0.1) is 11.3 Å². The van der Waals surface area contributed by atoms with E-state index in [1.54, 1.807) is 0 Å². The van der Waals surface area contributed by atoms with Gasteiger partial charge >= 0.3 is 0 Å². The monoisotopic (exact) mass is 231 g/mol. The first kappa shape index (κ1) is 13.2. The lowest BCUT2D eigenvalue weighted by atomic mass is 10.2. The quantitative estimate of drug-likeness (QED) is 0.773. The highest BCUT2D eigenvalue weighted by Gasteiger charge is 2.06. The summed E-state index contributed by atoms with van der Waals surface area (Å²) in [6.07, 6.45) is 0.697. The van der Waals surface area contributed by atoms with E-state index < -0.39 is 0 Å². The number of nitrogens with one attached hydrogen (secondary N) is 2. The number of nitrogens with zero attached hydrogens (tertiary/aromatic N) is 1. The Bertz CT molecular complexity index is 383. The van der Waals surface area contributed by atoms with Crippen molar-refractivity contribution in [1.29, 1.82) is 5.26 Å². The van der Waals surface area contributed by atoms with Gasteiger partial charge in [-0.3, -0.25) is 10.1 Å². The lowest BCUT2D eigenvalue weighted by Crippen LogP contribution is -2.38. The Morgan fingerprint density at radius 3 is 2.71 bits per heavy atom. The molecule has 0 aliphatic rings. The predicted octanol–water partition coefficient (Wildman–Crippen LogP) is 1.19. The van der Waals surface area contributed by atoms with Crippen molar-refractivity contribution >= 4 is 5.91 Å². The number of carbonyl (C=O) groups excluding carboxylic acids is 1. The van der Waals surface area contributed by atoms with Gasteiger partial charge in [-0.25, -0.2) is 0 Å². The maximum Gasteiger partial charge on any atom is 0.234 e. The molecule has 1 unspecified atom stereocenters. The standard InChI is InChI=1S/C13H17N3O/c1-2-12(8-14)15-10-13(17)16-9-11-6-4-3-5-7-11/h3-7,12,15H,2,9-10H2,1H3,(H,16,17). The van der Waals surface area contributed by atoms with E-state index in [1.807, 2.05) is 37.3 Å². The van der Waals surface area contributed by atoms with Crippen molar-refractivity contribution in [1.82, 2.24) is 10.6 Å². The zero-order chi connectivity index (χ0) is 12.5. The Balaban J connectivity index is 2.25. The van der Waals surface area contributed by atoms with Crippen molar-refractivity contribution in [2.24, 2.45) is 0 Å². The van der Waals surface area contributed by atoms with E-state index in [4.69, 9.17) is 5.26 Å². The van der Waals surface area contributed by atoms with Gasteiger partial charge in [0, 0.05) is 6.54 Å². The van der Waals surface area contributed by atoms with Crippen molar-refractivity contribution in [3.05, 3.63) is 35.9 Å². The van der Waals surface area contributed by atoms with Crippen molar-refractivity contribution in [2.75, 3.05) is 6.54 Å². The molecular formula is C13H17N3O. The predicted molar refractivity (Wildman–Crippen MR) is 66.0 cm³/mol. The molecule has 17 heavy (non-hydrogen) atoms. The molecule has 0 heterocycles. The van der Waals surface area contributed by atoms with E-state index in [2.05, 4.69) is 16.7 Å². The zero-order valence-corrected chi connectivity index (χ0v) is 9.94. The molecule has 0 aromatic heterocycles. The molecule has 1 rings (SSSR count). The van der Waals surface area contributed by atoms with Gasteiger partial charge in [-0.2, -0.15) is 5.26 Å². The van der Waals surface area contributed by atoms with Gasteiger partial charge < -0.3 is 5.32 Å². The molecule has 0 saturated carbocycles. The number of amides is 1. The third-order valence-electron chi connectivity index (χ3n) is 2.41. The summed E-state index contributed by atoms with van der Waals surface area (Å²) in [4.78, 5) is 11.5. The normalized spacial score (nSPS) is 11.5. The summed E-state index contributed by atoms with van der Waals surface area (Å²) in [7, 11) is 0. The van der Waals surface area contributed by atoms with Crippen molar-refractivity contribution < 1.29 is 4.79 Å². The van der Waals surface area contributed by atoms with Crippen LogP contribution in [0.1, 0.15) is 18.9 Å². The minimum absolute atomic E-state index is 0.0949. The maximum atomic E-state index is 11.5. The van der Waals surface area contributed by atoms with E-state index in [-0.39, 0.29) is 18.5 Å². The second-order valence-corrected chi connectivity index (χ2v) is 3.73. The lowest BCUT2D eigenvalue weighted by molar-refractivity contribution is -0.120. The number of nitriles is 1. The van der Waals surface area contributed by atoms with Crippen LogP contribution >= 0.6 is 0 Å². The van der Waals surface area contributed by atoms with Gasteiger partial charge in [0.05, 0.1) is 18.7 Å². The van der Waals surface area contributed by atoms with Gasteiger partial charge in [0.25, 0.3) is 0 Å². The molecule has 1 aromatic carbocycles. The fraction of sp³-hybridized carbons (Fsp3) is 0.385. The summed E-state index contributed by atoms with van der Waals surface area (Å²) >= 11 is 0. The molecular weight excluding hydrogens is 214 g/mol. The van der Waals surface area contributed by atoms with Gasteiger partial charge in [-0.05, 0) is 12.0 Å². The highest BCUT2D eigenvalue weighted by Crippen LogP contribution is 1.96. The number of benzene rings is 1. The average molecular weight is 231 g/mol. The Morgan fingerprint density at radius 2 is 2.12 bits per heavy atom. The van der Waals surface area contributed by atoms with Crippen LogP contribution in [0.5, 0.6) is 0 Å². The number of hydrogen-bond donors (Lipinski definition) is 2. The van der Waals surface area contributed by atoms with Crippen molar-refractivity contribution in [2.45, 2.75) is 25.9 Å².